The minimum atomic E-state index is -0.157. The highest BCUT2D eigenvalue weighted by Crippen LogP contribution is 2.09. The van der Waals surface area contributed by atoms with Crippen LogP contribution in [0.25, 0.3) is 0 Å². The fraction of sp³-hybridized carbons (Fsp3) is 0.500. The van der Waals surface area contributed by atoms with Crippen LogP contribution in [0.2, 0.25) is 0 Å². The van der Waals surface area contributed by atoms with E-state index in [0.717, 1.165) is 6.54 Å². The van der Waals surface area contributed by atoms with Gasteiger partial charge in [-0.25, -0.2) is 0 Å². The molecule has 4 nitrogen and oxygen atoms in total. The lowest BCUT2D eigenvalue weighted by atomic mass is 10.1. The van der Waals surface area contributed by atoms with Gasteiger partial charge in [0.15, 0.2) is 0 Å². The molecule has 0 amide bonds. The lowest BCUT2D eigenvalue weighted by Crippen LogP contribution is -2.19. The quantitative estimate of drug-likeness (QED) is 0.566. The second-order valence-electron chi connectivity index (χ2n) is 3.93. The zero-order valence-electron chi connectivity index (χ0n) is 11.1. The summed E-state index contributed by atoms with van der Waals surface area (Å²) in [7, 11) is 1.69. The SMILES string of the molecule is CCOC(=O)CCNCc1ccccc1COC. The Morgan fingerprint density at radius 1 is 1.28 bits per heavy atom. The largest absolute Gasteiger partial charge is 0.466 e. The van der Waals surface area contributed by atoms with E-state index in [-0.39, 0.29) is 5.97 Å². The van der Waals surface area contributed by atoms with Crippen molar-refractivity contribution in [2.75, 3.05) is 20.3 Å². The molecule has 1 rings (SSSR count). The van der Waals surface area contributed by atoms with Gasteiger partial charge in [-0.1, -0.05) is 24.3 Å². The van der Waals surface area contributed by atoms with Crippen LogP contribution in [0, 0.1) is 0 Å². The molecule has 0 saturated heterocycles. The predicted octanol–water partition coefficient (Wildman–Crippen LogP) is 1.88. The van der Waals surface area contributed by atoms with Crippen LogP contribution in [-0.2, 0) is 27.4 Å². The number of esters is 1. The van der Waals surface area contributed by atoms with Gasteiger partial charge in [-0.3, -0.25) is 4.79 Å². The van der Waals surface area contributed by atoms with Crippen molar-refractivity contribution in [2.45, 2.75) is 26.5 Å². The van der Waals surface area contributed by atoms with Crippen molar-refractivity contribution in [3.05, 3.63) is 35.4 Å². The van der Waals surface area contributed by atoms with Gasteiger partial charge in [0.1, 0.15) is 0 Å². The Bertz CT molecular complexity index is 366. The number of carbonyl (C=O) groups is 1. The number of methoxy groups -OCH3 is 1. The molecule has 0 unspecified atom stereocenters. The van der Waals surface area contributed by atoms with E-state index in [4.69, 9.17) is 9.47 Å². The van der Waals surface area contributed by atoms with Gasteiger partial charge in [0.05, 0.1) is 19.6 Å². The lowest BCUT2D eigenvalue weighted by Gasteiger charge is -2.09. The van der Waals surface area contributed by atoms with Crippen molar-refractivity contribution in [3.8, 4) is 0 Å². The molecule has 0 atom stereocenters. The van der Waals surface area contributed by atoms with Crippen molar-refractivity contribution < 1.29 is 14.3 Å². The van der Waals surface area contributed by atoms with Gasteiger partial charge < -0.3 is 14.8 Å². The van der Waals surface area contributed by atoms with Gasteiger partial charge in [-0.15, -0.1) is 0 Å². The molecule has 4 heteroatoms. The van der Waals surface area contributed by atoms with E-state index < -0.39 is 0 Å². The van der Waals surface area contributed by atoms with Crippen LogP contribution in [0.15, 0.2) is 24.3 Å². The molecule has 100 valence electrons. The Labute approximate surface area is 108 Å². The fourth-order valence-electron chi connectivity index (χ4n) is 1.67. The van der Waals surface area contributed by atoms with Gasteiger partial charge >= 0.3 is 5.97 Å². The zero-order valence-corrected chi connectivity index (χ0v) is 11.1. The summed E-state index contributed by atoms with van der Waals surface area (Å²) in [4.78, 5) is 11.1. The van der Waals surface area contributed by atoms with Gasteiger partial charge in [0, 0.05) is 20.2 Å². The first-order valence-electron chi connectivity index (χ1n) is 6.20. The summed E-state index contributed by atoms with van der Waals surface area (Å²) in [5, 5.41) is 3.23. The molecule has 0 aromatic heterocycles. The van der Waals surface area contributed by atoms with E-state index in [1.165, 1.54) is 11.1 Å². The molecule has 1 aromatic carbocycles. The second kappa shape index (κ2) is 8.66. The Kier molecular flexibility index (Phi) is 7.06. The van der Waals surface area contributed by atoms with Crippen molar-refractivity contribution in [1.29, 1.82) is 0 Å². The lowest BCUT2D eigenvalue weighted by molar-refractivity contribution is -0.142. The number of rotatable bonds is 8. The predicted molar refractivity (Wildman–Crippen MR) is 70.1 cm³/mol. The van der Waals surface area contributed by atoms with E-state index in [9.17, 15) is 4.79 Å². The highest BCUT2D eigenvalue weighted by Gasteiger charge is 2.03. The molecular formula is C14H21NO3. The van der Waals surface area contributed by atoms with Gasteiger partial charge in [0.2, 0.25) is 0 Å². The van der Waals surface area contributed by atoms with E-state index >= 15 is 0 Å². The fourth-order valence-corrected chi connectivity index (χ4v) is 1.67. The Hall–Kier alpha value is -1.39. The third-order valence-electron chi connectivity index (χ3n) is 2.54. The molecule has 0 heterocycles. The smallest absolute Gasteiger partial charge is 0.307 e. The van der Waals surface area contributed by atoms with Crippen molar-refractivity contribution in [3.63, 3.8) is 0 Å². The average Bonchev–Trinajstić information content (AvgIpc) is 2.37. The van der Waals surface area contributed by atoms with Gasteiger partial charge in [-0.2, -0.15) is 0 Å². The highest BCUT2D eigenvalue weighted by atomic mass is 16.5. The molecule has 0 saturated carbocycles. The summed E-state index contributed by atoms with van der Waals surface area (Å²) in [5.74, 6) is -0.157. The number of nitrogens with one attached hydrogen (secondary N) is 1. The van der Waals surface area contributed by atoms with Crippen molar-refractivity contribution in [2.24, 2.45) is 0 Å². The first-order chi connectivity index (χ1) is 8.77. The van der Waals surface area contributed by atoms with E-state index in [1.807, 2.05) is 25.1 Å². The molecule has 0 spiro atoms. The van der Waals surface area contributed by atoms with E-state index in [1.54, 1.807) is 7.11 Å². The number of carbonyl (C=O) groups excluding carboxylic acids is 1. The third-order valence-corrected chi connectivity index (χ3v) is 2.54. The molecular weight excluding hydrogens is 230 g/mol. The summed E-state index contributed by atoms with van der Waals surface area (Å²) < 4.78 is 10.0. The van der Waals surface area contributed by atoms with Gasteiger partial charge in [0.25, 0.3) is 0 Å². The summed E-state index contributed by atoms with van der Waals surface area (Å²) in [6, 6.07) is 8.11. The number of ether oxygens (including phenoxy) is 2. The van der Waals surface area contributed by atoms with Crippen LogP contribution < -0.4 is 5.32 Å². The molecule has 1 aromatic rings. The molecule has 0 aliphatic heterocycles. The van der Waals surface area contributed by atoms with Crippen LogP contribution in [0.5, 0.6) is 0 Å². The number of hydrogen-bond donors (Lipinski definition) is 1. The summed E-state index contributed by atoms with van der Waals surface area (Å²) in [6.07, 6.45) is 0.403. The zero-order chi connectivity index (χ0) is 13.2. The van der Waals surface area contributed by atoms with Crippen LogP contribution in [0.1, 0.15) is 24.5 Å². The monoisotopic (exact) mass is 251 g/mol. The molecule has 0 aliphatic carbocycles. The molecule has 0 bridgehead atoms. The maximum Gasteiger partial charge on any atom is 0.307 e. The van der Waals surface area contributed by atoms with Gasteiger partial charge in [-0.05, 0) is 18.1 Å². The van der Waals surface area contributed by atoms with E-state index in [0.29, 0.717) is 26.2 Å². The summed E-state index contributed by atoms with van der Waals surface area (Å²) in [6.45, 7) is 4.22. The van der Waals surface area contributed by atoms with Crippen LogP contribution in [0.4, 0.5) is 0 Å². The standard InChI is InChI=1S/C14H21NO3/c1-3-18-14(16)8-9-15-10-12-6-4-5-7-13(12)11-17-2/h4-7,15H,3,8-11H2,1-2H3. The molecule has 0 radical (unpaired) electrons. The average molecular weight is 251 g/mol. The molecule has 0 fully saturated rings. The summed E-state index contributed by atoms with van der Waals surface area (Å²) in [5.41, 5.74) is 2.37. The first-order valence-corrected chi connectivity index (χ1v) is 6.20. The first kappa shape index (κ1) is 14.7. The van der Waals surface area contributed by atoms with Crippen LogP contribution >= 0.6 is 0 Å². The third kappa shape index (κ3) is 5.29. The Morgan fingerprint density at radius 3 is 2.67 bits per heavy atom. The highest BCUT2D eigenvalue weighted by molar-refractivity contribution is 5.69. The minimum Gasteiger partial charge on any atom is -0.466 e. The summed E-state index contributed by atoms with van der Waals surface area (Å²) >= 11 is 0. The molecule has 0 aliphatic rings. The Balaban J connectivity index is 2.32. The normalized spacial score (nSPS) is 10.3. The number of benzene rings is 1. The maximum atomic E-state index is 11.1. The van der Waals surface area contributed by atoms with Crippen LogP contribution in [-0.4, -0.2) is 26.2 Å². The molecule has 1 N–H and O–H groups in total. The number of hydrogen-bond acceptors (Lipinski definition) is 4. The molecule has 18 heavy (non-hydrogen) atoms. The maximum absolute atomic E-state index is 11.1. The van der Waals surface area contributed by atoms with Crippen LogP contribution in [0.3, 0.4) is 0 Å². The van der Waals surface area contributed by atoms with E-state index in [2.05, 4.69) is 11.4 Å². The topological polar surface area (TPSA) is 47.6 Å². The van der Waals surface area contributed by atoms with Crippen molar-refractivity contribution >= 4 is 5.97 Å². The second-order valence-corrected chi connectivity index (χ2v) is 3.93. The minimum absolute atomic E-state index is 0.157. The van der Waals surface area contributed by atoms with Crippen molar-refractivity contribution in [1.82, 2.24) is 5.32 Å². The Morgan fingerprint density at radius 2 is 2.00 bits per heavy atom.